The van der Waals surface area contributed by atoms with Crippen LogP contribution in [-0.2, 0) is 6.42 Å². The van der Waals surface area contributed by atoms with Crippen molar-refractivity contribution >= 4 is 11.6 Å². The minimum atomic E-state index is -0.104. The Labute approximate surface area is 111 Å². The number of rotatable bonds is 5. The number of aromatic nitrogens is 4. The van der Waals surface area contributed by atoms with Gasteiger partial charge in [0.1, 0.15) is 0 Å². The maximum Gasteiger partial charge on any atom is 0.251 e. The molecule has 1 aromatic carbocycles. The summed E-state index contributed by atoms with van der Waals surface area (Å²) < 4.78 is 0. The van der Waals surface area contributed by atoms with Crippen LogP contribution in [0.3, 0.4) is 0 Å². The van der Waals surface area contributed by atoms with Gasteiger partial charge >= 0.3 is 0 Å². The van der Waals surface area contributed by atoms with Crippen LogP contribution >= 0.6 is 0 Å². The molecule has 2 N–H and O–H groups in total. The Hall–Kier alpha value is -2.44. The standard InChI is InChI=1S/C12H16N6O/c1-18(2)10-5-3-4-9(8-10)12(19)13-7-6-11-14-16-17-15-11/h3-5,8H,6-7H2,1-2H3,(H,13,19)(H,14,15,16,17). The Balaban J connectivity index is 1.90. The van der Waals surface area contributed by atoms with E-state index in [0.29, 0.717) is 24.4 Å². The van der Waals surface area contributed by atoms with Gasteiger partial charge in [0.15, 0.2) is 5.82 Å². The third-order valence-corrected chi connectivity index (χ3v) is 2.65. The zero-order valence-corrected chi connectivity index (χ0v) is 10.9. The van der Waals surface area contributed by atoms with Gasteiger partial charge in [-0.1, -0.05) is 11.3 Å². The lowest BCUT2D eigenvalue weighted by Gasteiger charge is -2.13. The van der Waals surface area contributed by atoms with Crippen LogP contribution in [-0.4, -0.2) is 47.2 Å². The molecule has 0 aliphatic heterocycles. The summed E-state index contributed by atoms with van der Waals surface area (Å²) in [5.74, 6) is 0.481. The number of aromatic amines is 1. The first-order chi connectivity index (χ1) is 9.16. The third kappa shape index (κ3) is 3.51. The lowest BCUT2D eigenvalue weighted by Crippen LogP contribution is -2.26. The Bertz CT molecular complexity index is 537. The van der Waals surface area contributed by atoms with E-state index in [1.165, 1.54) is 0 Å². The smallest absolute Gasteiger partial charge is 0.251 e. The van der Waals surface area contributed by atoms with Crippen LogP contribution in [0.5, 0.6) is 0 Å². The summed E-state index contributed by atoms with van der Waals surface area (Å²) in [6.07, 6.45) is 0.551. The van der Waals surface area contributed by atoms with Gasteiger partial charge in [-0.3, -0.25) is 4.79 Å². The highest BCUT2D eigenvalue weighted by Crippen LogP contribution is 2.13. The van der Waals surface area contributed by atoms with Gasteiger partial charge in [0.25, 0.3) is 5.91 Å². The minimum Gasteiger partial charge on any atom is -0.378 e. The van der Waals surface area contributed by atoms with Gasteiger partial charge < -0.3 is 10.2 Å². The molecule has 0 saturated heterocycles. The van der Waals surface area contributed by atoms with Gasteiger partial charge in [-0.2, -0.15) is 5.21 Å². The minimum absolute atomic E-state index is 0.104. The van der Waals surface area contributed by atoms with Crippen molar-refractivity contribution in [3.63, 3.8) is 0 Å². The summed E-state index contributed by atoms with van der Waals surface area (Å²) in [5, 5.41) is 16.3. The zero-order valence-electron chi connectivity index (χ0n) is 10.9. The van der Waals surface area contributed by atoms with Crippen LogP contribution in [0.4, 0.5) is 5.69 Å². The molecule has 1 aromatic heterocycles. The number of anilines is 1. The number of nitrogens with one attached hydrogen (secondary N) is 2. The van der Waals surface area contributed by atoms with E-state index < -0.39 is 0 Å². The molecular weight excluding hydrogens is 244 g/mol. The number of benzene rings is 1. The Kier molecular flexibility index (Phi) is 4.07. The molecule has 7 nitrogen and oxygen atoms in total. The molecule has 0 aliphatic rings. The topological polar surface area (TPSA) is 86.8 Å². The monoisotopic (exact) mass is 260 g/mol. The average Bonchev–Trinajstić information content (AvgIpc) is 2.92. The molecule has 7 heteroatoms. The van der Waals surface area contributed by atoms with Gasteiger partial charge in [-0.05, 0) is 18.2 Å². The van der Waals surface area contributed by atoms with Crippen molar-refractivity contribution in [3.8, 4) is 0 Å². The number of carbonyl (C=O) groups is 1. The lowest BCUT2D eigenvalue weighted by atomic mass is 10.2. The largest absolute Gasteiger partial charge is 0.378 e. The molecule has 0 atom stereocenters. The van der Waals surface area contributed by atoms with Crippen LogP contribution in [0.1, 0.15) is 16.2 Å². The molecule has 0 bridgehead atoms. The first-order valence-electron chi connectivity index (χ1n) is 5.95. The highest BCUT2D eigenvalue weighted by Gasteiger charge is 2.07. The maximum absolute atomic E-state index is 12.0. The van der Waals surface area contributed by atoms with Crippen LogP contribution in [0.2, 0.25) is 0 Å². The Morgan fingerprint density at radius 1 is 1.42 bits per heavy atom. The highest BCUT2D eigenvalue weighted by atomic mass is 16.1. The molecule has 100 valence electrons. The highest BCUT2D eigenvalue weighted by molar-refractivity contribution is 5.95. The molecule has 0 fully saturated rings. The Morgan fingerprint density at radius 2 is 2.26 bits per heavy atom. The van der Waals surface area contributed by atoms with Crippen molar-refractivity contribution in [2.24, 2.45) is 0 Å². The predicted octanol–water partition coefficient (Wildman–Crippen LogP) is 0.238. The van der Waals surface area contributed by atoms with E-state index in [1.54, 1.807) is 6.07 Å². The van der Waals surface area contributed by atoms with Crippen molar-refractivity contribution in [1.82, 2.24) is 25.9 Å². The molecular formula is C12H16N6O. The van der Waals surface area contributed by atoms with Crippen molar-refractivity contribution in [1.29, 1.82) is 0 Å². The molecule has 0 aliphatic carbocycles. The maximum atomic E-state index is 12.0. The van der Waals surface area contributed by atoms with Crippen molar-refractivity contribution in [2.45, 2.75) is 6.42 Å². The summed E-state index contributed by atoms with van der Waals surface area (Å²) in [7, 11) is 3.88. The molecule has 19 heavy (non-hydrogen) atoms. The van der Waals surface area contributed by atoms with Crippen LogP contribution in [0, 0.1) is 0 Å². The summed E-state index contributed by atoms with van der Waals surface area (Å²) in [4.78, 5) is 13.9. The summed E-state index contributed by atoms with van der Waals surface area (Å²) in [6, 6.07) is 7.46. The molecule has 0 radical (unpaired) electrons. The molecule has 1 amide bonds. The van der Waals surface area contributed by atoms with E-state index in [9.17, 15) is 4.79 Å². The molecule has 2 aromatic rings. The fourth-order valence-electron chi connectivity index (χ4n) is 1.60. The van der Waals surface area contributed by atoms with Gasteiger partial charge in [0.2, 0.25) is 0 Å². The second-order valence-corrected chi connectivity index (χ2v) is 4.28. The number of carbonyl (C=O) groups excluding carboxylic acids is 1. The summed E-state index contributed by atoms with van der Waals surface area (Å²) >= 11 is 0. The van der Waals surface area contributed by atoms with E-state index in [1.807, 2.05) is 37.2 Å². The first-order valence-corrected chi connectivity index (χ1v) is 5.95. The van der Waals surface area contributed by atoms with E-state index in [2.05, 4.69) is 25.9 Å². The molecule has 1 heterocycles. The van der Waals surface area contributed by atoms with Crippen LogP contribution in [0.25, 0.3) is 0 Å². The number of amides is 1. The second kappa shape index (κ2) is 5.94. The predicted molar refractivity (Wildman–Crippen MR) is 71.0 cm³/mol. The Morgan fingerprint density at radius 3 is 2.95 bits per heavy atom. The van der Waals surface area contributed by atoms with Crippen LogP contribution in [0.15, 0.2) is 24.3 Å². The first kappa shape index (κ1) is 13.0. The number of H-pyrrole nitrogens is 1. The van der Waals surface area contributed by atoms with Gasteiger partial charge in [-0.15, -0.1) is 10.2 Å². The molecule has 0 saturated carbocycles. The molecule has 0 spiro atoms. The lowest BCUT2D eigenvalue weighted by molar-refractivity contribution is 0.0954. The van der Waals surface area contributed by atoms with Gasteiger partial charge in [0.05, 0.1) is 0 Å². The fraction of sp³-hybridized carbons (Fsp3) is 0.333. The van der Waals surface area contributed by atoms with E-state index >= 15 is 0 Å². The van der Waals surface area contributed by atoms with Crippen LogP contribution < -0.4 is 10.2 Å². The number of hydrogen-bond acceptors (Lipinski definition) is 5. The third-order valence-electron chi connectivity index (χ3n) is 2.65. The van der Waals surface area contributed by atoms with Crippen molar-refractivity contribution in [2.75, 3.05) is 25.5 Å². The average molecular weight is 260 g/mol. The van der Waals surface area contributed by atoms with E-state index in [4.69, 9.17) is 0 Å². The quantitative estimate of drug-likeness (QED) is 0.804. The van der Waals surface area contributed by atoms with Gasteiger partial charge in [-0.25, -0.2) is 0 Å². The number of hydrogen-bond donors (Lipinski definition) is 2. The molecule has 2 rings (SSSR count). The van der Waals surface area contributed by atoms with E-state index in [0.717, 1.165) is 5.69 Å². The van der Waals surface area contributed by atoms with Crippen molar-refractivity contribution in [3.05, 3.63) is 35.7 Å². The SMILES string of the molecule is CN(C)c1cccc(C(=O)NCCc2nn[nH]n2)c1. The van der Waals surface area contributed by atoms with Gasteiger partial charge in [0, 0.05) is 38.3 Å². The number of tetrazole rings is 1. The van der Waals surface area contributed by atoms with Crippen molar-refractivity contribution < 1.29 is 4.79 Å². The fourth-order valence-corrected chi connectivity index (χ4v) is 1.60. The molecule has 0 unspecified atom stereocenters. The second-order valence-electron chi connectivity index (χ2n) is 4.28. The van der Waals surface area contributed by atoms with E-state index in [-0.39, 0.29) is 5.91 Å². The summed E-state index contributed by atoms with van der Waals surface area (Å²) in [5.41, 5.74) is 1.63. The number of nitrogens with zero attached hydrogens (tertiary/aromatic N) is 4. The summed E-state index contributed by atoms with van der Waals surface area (Å²) in [6.45, 7) is 0.477. The normalized spacial score (nSPS) is 10.2. The zero-order chi connectivity index (χ0) is 13.7.